The van der Waals surface area contributed by atoms with Crippen LogP contribution in [0.2, 0.25) is 5.02 Å². The fraction of sp³-hybridized carbons (Fsp3) is 0.316. The summed E-state index contributed by atoms with van der Waals surface area (Å²) in [6.45, 7) is 4.21. The maximum atomic E-state index is 12.6. The van der Waals surface area contributed by atoms with Crippen LogP contribution in [0.15, 0.2) is 40.0 Å². The number of hydrogen-bond acceptors (Lipinski definition) is 8. The fourth-order valence-electron chi connectivity index (χ4n) is 2.27. The van der Waals surface area contributed by atoms with Crippen molar-refractivity contribution < 1.29 is 4.79 Å². The lowest BCUT2D eigenvalue weighted by Crippen LogP contribution is -2.15. The molecule has 0 atom stereocenters. The number of carbonyl (C=O) groups is 1. The smallest absolute Gasteiger partial charge is 0.277 e. The lowest BCUT2D eigenvalue weighted by atomic mass is 10.1. The largest absolute Gasteiger partial charge is 0.295 e. The molecule has 3 aromatic rings. The fourth-order valence-corrected chi connectivity index (χ4v) is 5.24. The van der Waals surface area contributed by atoms with E-state index in [4.69, 9.17) is 11.6 Å². The first kappa shape index (κ1) is 22.0. The van der Waals surface area contributed by atoms with Crippen LogP contribution in [0.5, 0.6) is 0 Å². The Morgan fingerprint density at radius 1 is 1.24 bits per heavy atom. The molecule has 10 heteroatoms. The summed E-state index contributed by atoms with van der Waals surface area (Å²) in [6.07, 6.45) is 3.70. The van der Waals surface area contributed by atoms with Crippen LogP contribution in [-0.2, 0) is 5.75 Å². The van der Waals surface area contributed by atoms with Crippen LogP contribution in [0.1, 0.15) is 41.4 Å². The molecule has 0 aliphatic heterocycles. The lowest BCUT2D eigenvalue weighted by molar-refractivity contribution is 0.102. The SMILES string of the molecule is CCCCSc1nnc(NC(=O)c2nc(SCc3ccccc3C)ncc2Cl)s1. The third-order valence-electron chi connectivity index (χ3n) is 3.91. The van der Waals surface area contributed by atoms with E-state index < -0.39 is 5.91 Å². The first-order valence-electron chi connectivity index (χ1n) is 9.04. The van der Waals surface area contributed by atoms with E-state index in [1.807, 2.05) is 12.1 Å². The number of benzene rings is 1. The van der Waals surface area contributed by atoms with Gasteiger partial charge in [-0.25, -0.2) is 9.97 Å². The van der Waals surface area contributed by atoms with Gasteiger partial charge in [0.1, 0.15) is 0 Å². The topological polar surface area (TPSA) is 80.7 Å². The number of hydrogen-bond donors (Lipinski definition) is 1. The Morgan fingerprint density at radius 3 is 2.86 bits per heavy atom. The van der Waals surface area contributed by atoms with Crippen molar-refractivity contribution in [2.45, 2.75) is 41.9 Å². The van der Waals surface area contributed by atoms with E-state index in [-0.39, 0.29) is 10.7 Å². The summed E-state index contributed by atoms with van der Waals surface area (Å²) in [6, 6.07) is 8.14. The summed E-state index contributed by atoms with van der Waals surface area (Å²) in [5.74, 6) is 1.28. The molecule has 3 rings (SSSR count). The number of unbranched alkanes of at least 4 members (excludes halogenated alkanes) is 1. The summed E-state index contributed by atoms with van der Waals surface area (Å²) in [5.41, 5.74) is 2.53. The third-order valence-corrected chi connectivity index (χ3v) is 7.15. The summed E-state index contributed by atoms with van der Waals surface area (Å²) >= 11 is 10.6. The highest BCUT2D eigenvalue weighted by Crippen LogP contribution is 2.27. The van der Waals surface area contributed by atoms with Gasteiger partial charge < -0.3 is 0 Å². The zero-order chi connectivity index (χ0) is 20.6. The molecular weight excluding hydrogens is 446 g/mol. The van der Waals surface area contributed by atoms with Crippen molar-refractivity contribution in [3.05, 3.63) is 52.3 Å². The van der Waals surface area contributed by atoms with E-state index in [2.05, 4.69) is 51.5 Å². The predicted molar refractivity (Wildman–Crippen MR) is 121 cm³/mol. The molecule has 1 aromatic carbocycles. The third kappa shape index (κ3) is 6.40. The standard InChI is InChI=1S/C19H20ClN5OS3/c1-3-4-9-27-19-25-24-18(29-19)23-16(26)15-14(20)10-21-17(22-15)28-11-13-8-6-5-7-12(13)2/h5-8,10H,3-4,9,11H2,1-2H3,(H,23,24,26). The van der Waals surface area contributed by atoms with Crippen LogP contribution < -0.4 is 5.32 Å². The average Bonchev–Trinajstić information content (AvgIpc) is 3.15. The van der Waals surface area contributed by atoms with E-state index >= 15 is 0 Å². The van der Waals surface area contributed by atoms with Crippen LogP contribution in [0.25, 0.3) is 0 Å². The number of aryl methyl sites for hydroxylation is 1. The van der Waals surface area contributed by atoms with E-state index in [1.165, 1.54) is 40.4 Å². The van der Waals surface area contributed by atoms with Gasteiger partial charge in [-0.1, -0.05) is 84.1 Å². The summed E-state index contributed by atoms with van der Waals surface area (Å²) < 4.78 is 0.831. The Morgan fingerprint density at radius 2 is 2.07 bits per heavy atom. The summed E-state index contributed by atoms with van der Waals surface area (Å²) in [4.78, 5) is 21.2. The van der Waals surface area contributed by atoms with Crippen molar-refractivity contribution in [3.8, 4) is 0 Å². The molecule has 0 radical (unpaired) electrons. The molecule has 1 N–H and O–H groups in total. The van der Waals surface area contributed by atoms with E-state index in [0.717, 1.165) is 22.9 Å². The lowest BCUT2D eigenvalue weighted by Gasteiger charge is -2.07. The van der Waals surface area contributed by atoms with Crippen molar-refractivity contribution in [1.29, 1.82) is 0 Å². The van der Waals surface area contributed by atoms with Crippen LogP contribution in [0.4, 0.5) is 5.13 Å². The van der Waals surface area contributed by atoms with E-state index in [0.29, 0.717) is 16.0 Å². The Bertz CT molecular complexity index is 982. The number of rotatable bonds is 9. The van der Waals surface area contributed by atoms with Gasteiger partial charge in [-0.15, -0.1) is 10.2 Å². The van der Waals surface area contributed by atoms with Gasteiger partial charge in [0.15, 0.2) is 15.2 Å². The van der Waals surface area contributed by atoms with E-state index in [1.54, 1.807) is 11.8 Å². The molecule has 0 fully saturated rings. The maximum absolute atomic E-state index is 12.6. The number of nitrogens with one attached hydrogen (secondary N) is 1. The van der Waals surface area contributed by atoms with Crippen molar-refractivity contribution in [2.24, 2.45) is 0 Å². The molecule has 0 bridgehead atoms. The first-order valence-corrected chi connectivity index (χ1v) is 12.2. The molecular formula is C19H20ClN5OS3. The molecule has 2 aromatic heterocycles. The van der Waals surface area contributed by atoms with Gasteiger partial charge in [0, 0.05) is 11.5 Å². The Hall–Kier alpha value is -1.68. The molecule has 2 heterocycles. The van der Waals surface area contributed by atoms with Crippen molar-refractivity contribution >= 4 is 57.5 Å². The minimum Gasteiger partial charge on any atom is -0.295 e. The minimum atomic E-state index is -0.420. The zero-order valence-electron chi connectivity index (χ0n) is 16.0. The first-order chi connectivity index (χ1) is 14.1. The molecule has 6 nitrogen and oxygen atoms in total. The highest BCUT2D eigenvalue weighted by molar-refractivity contribution is 8.01. The molecule has 0 saturated heterocycles. The number of halogens is 1. The number of carbonyl (C=O) groups excluding carboxylic acids is 1. The minimum absolute atomic E-state index is 0.129. The second-order valence-corrected chi connectivity index (χ2v) is 9.76. The van der Waals surface area contributed by atoms with Gasteiger partial charge in [0.05, 0.1) is 11.2 Å². The number of thioether (sulfide) groups is 2. The van der Waals surface area contributed by atoms with Crippen LogP contribution in [-0.4, -0.2) is 31.8 Å². The number of anilines is 1. The van der Waals surface area contributed by atoms with Crippen molar-refractivity contribution in [1.82, 2.24) is 20.2 Å². The van der Waals surface area contributed by atoms with Crippen LogP contribution >= 0.6 is 46.5 Å². The highest BCUT2D eigenvalue weighted by Gasteiger charge is 2.17. The van der Waals surface area contributed by atoms with Gasteiger partial charge in [0.2, 0.25) is 5.13 Å². The maximum Gasteiger partial charge on any atom is 0.277 e. The zero-order valence-corrected chi connectivity index (χ0v) is 19.2. The van der Waals surface area contributed by atoms with Gasteiger partial charge in [-0.3, -0.25) is 10.1 Å². The van der Waals surface area contributed by atoms with Gasteiger partial charge in [-0.2, -0.15) is 0 Å². The van der Waals surface area contributed by atoms with Crippen molar-refractivity contribution in [3.63, 3.8) is 0 Å². The van der Waals surface area contributed by atoms with Gasteiger partial charge in [-0.05, 0) is 24.5 Å². The molecule has 0 aliphatic rings. The summed E-state index contributed by atoms with van der Waals surface area (Å²) in [7, 11) is 0. The monoisotopic (exact) mass is 465 g/mol. The average molecular weight is 466 g/mol. The number of nitrogens with zero attached hydrogens (tertiary/aromatic N) is 4. The molecule has 1 amide bonds. The molecule has 0 spiro atoms. The quantitative estimate of drug-likeness (QED) is 0.187. The van der Waals surface area contributed by atoms with Gasteiger partial charge in [0.25, 0.3) is 5.91 Å². The Balaban J connectivity index is 1.64. The Labute approximate surface area is 187 Å². The molecule has 0 aliphatic carbocycles. The summed E-state index contributed by atoms with van der Waals surface area (Å²) in [5, 5.41) is 12.0. The Kier molecular flexibility index (Phi) is 8.29. The second-order valence-electron chi connectivity index (χ2n) is 6.09. The number of amides is 1. The number of aromatic nitrogens is 4. The normalized spacial score (nSPS) is 10.9. The molecule has 152 valence electrons. The highest BCUT2D eigenvalue weighted by atomic mass is 35.5. The van der Waals surface area contributed by atoms with Crippen molar-refractivity contribution in [2.75, 3.05) is 11.1 Å². The predicted octanol–water partition coefficient (Wildman–Crippen LogP) is 5.73. The van der Waals surface area contributed by atoms with E-state index in [9.17, 15) is 4.79 Å². The molecule has 0 unspecified atom stereocenters. The molecule has 0 saturated carbocycles. The van der Waals surface area contributed by atoms with Crippen LogP contribution in [0, 0.1) is 6.92 Å². The van der Waals surface area contributed by atoms with Gasteiger partial charge >= 0.3 is 0 Å². The molecule has 29 heavy (non-hydrogen) atoms. The second kappa shape index (κ2) is 10.9. The van der Waals surface area contributed by atoms with Crippen LogP contribution in [0.3, 0.4) is 0 Å².